The van der Waals surface area contributed by atoms with Crippen molar-refractivity contribution in [3.8, 4) is 22.6 Å². The molecule has 4 aromatic rings. The van der Waals surface area contributed by atoms with Crippen LogP contribution in [0.5, 0.6) is 11.5 Å². The van der Waals surface area contributed by atoms with E-state index in [1.807, 2.05) is 60.7 Å². The Morgan fingerprint density at radius 3 is 2.14 bits per heavy atom. The number of nitrogens with zero attached hydrogens (tertiary/aromatic N) is 1. The Hall–Kier alpha value is -5.28. The molecule has 224 valence electrons. The van der Waals surface area contributed by atoms with Gasteiger partial charge in [-0.1, -0.05) is 60.7 Å². The normalized spacial score (nSPS) is 14.4. The minimum absolute atomic E-state index is 0.0308. The summed E-state index contributed by atoms with van der Waals surface area (Å²) in [5.74, 6) is -0.448. The Balaban J connectivity index is 1.12. The topological polar surface area (TPSA) is 111 Å². The smallest absolute Gasteiger partial charge is 0.338 e. The third-order valence-electron chi connectivity index (χ3n) is 7.41. The second-order valence-electron chi connectivity index (χ2n) is 10.2. The molecule has 1 heterocycles. The van der Waals surface area contributed by atoms with Crippen LogP contribution in [0.2, 0.25) is 0 Å². The predicted molar refractivity (Wildman–Crippen MR) is 165 cm³/mol. The summed E-state index contributed by atoms with van der Waals surface area (Å²) < 4.78 is 15.8. The minimum Gasteiger partial charge on any atom is -0.493 e. The van der Waals surface area contributed by atoms with E-state index in [9.17, 15) is 19.2 Å². The van der Waals surface area contributed by atoms with Crippen molar-refractivity contribution in [2.75, 3.05) is 32.3 Å². The zero-order valence-electron chi connectivity index (χ0n) is 24.4. The van der Waals surface area contributed by atoms with Crippen molar-refractivity contribution in [1.82, 2.24) is 5.32 Å². The van der Waals surface area contributed by atoms with Gasteiger partial charge in [-0.15, -0.1) is 0 Å². The molecule has 1 fully saturated rings. The Labute approximate surface area is 255 Å². The molecule has 1 unspecified atom stereocenters. The van der Waals surface area contributed by atoms with E-state index in [2.05, 4.69) is 5.32 Å². The molecule has 0 aromatic heterocycles. The molecule has 0 aliphatic carbocycles. The number of carbonyl (C=O) groups excluding carboxylic acids is 4. The van der Waals surface area contributed by atoms with Crippen molar-refractivity contribution >= 4 is 29.3 Å². The summed E-state index contributed by atoms with van der Waals surface area (Å²) in [4.78, 5) is 52.1. The summed E-state index contributed by atoms with van der Waals surface area (Å²) in [5, 5.41) is 3.17. The van der Waals surface area contributed by atoms with E-state index in [0.29, 0.717) is 35.7 Å². The van der Waals surface area contributed by atoms with Gasteiger partial charge in [0.1, 0.15) is 0 Å². The quantitative estimate of drug-likeness (QED) is 0.141. The van der Waals surface area contributed by atoms with Gasteiger partial charge in [-0.3, -0.25) is 14.4 Å². The number of carbonyl (C=O) groups is 4. The fraction of sp³-hybridized carbons (Fsp3) is 0.200. The molecule has 2 amide bonds. The van der Waals surface area contributed by atoms with E-state index < -0.39 is 18.6 Å². The third kappa shape index (κ3) is 6.85. The highest BCUT2D eigenvalue weighted by Crippen LogP contribution is 2.28. The lowest BCUT2D eigenvalue weighted by Crippen LogP contribution is -2.39. The van der Waals surface area contributed by atoms with Crippen LogP contribution in [-0.2, 0) is 20.7 Å². The average Bonchev–Trinajstić information content (AvgIpc) is 3.35. The highest BCUT2D eigenvalue weighted by atomic mass is 16.5. The van der Waals surface area contributed by atoms with Crippen LogP contribution in [0.1, 0.15) is 32.7 Å². The molecule has 1 saturated heterocycles. The van der Waals surface area contributed by atoms with E-state index in [0.717, 1.165) is 21.6 Å². The van der Waals surface area contributed by atoms with Crippen LogP contribution in [0.15, 0.2) is 97.1 Å². The van der Waals surface area contributed by atoms with Gasteiger partial charge in [0.15, 0.2) is 23.9 Å². The van der Waals surface area contributed by atoms with E-state index in [4.69, 9.17) is 14.2 Å². The van der Waals surface area contributed by atoms with E-state index in [-0.39, 0.29) is 29.6 Å². The molecule has 44 heavy (non-hydrogen) atoms. The fourth-order valence-corrected chi connectivity index (χ4v) is 5.01. The number of hydrogen-bond donors (Lipinski definition) is 1. The third-order valence-corrected chi connectivity index (χ3v) is 7.41. The molecule has 1 aliphatic heterocycles. The number of rotatable bonds is 12. The number of esters is 1. The maximum Gasteiger partial charge on any atom is 0.338 e. The van der Waals surface area contributed by atoms with Crippen LogP contribution in [0.4, 0.5) is 5.69 Å². The summed E-state index contributed by atoms with van der Waals surface area (Å²) in [5.41, 5.74) is 4.00. The zero-order valence-corrected chi connectivity index (χ0v) is 24.4. The molecule has 0 saturated carbocycles. The fourth-order valence-electron chi connectivity index (χ4n) is 5.01. The molecular formula is C35H32N2O7. The number of ketones is 1. The lowest BCUT2D eigenvalue weighted by Gasteiger charge is -2.16. The molecule has 1 aliphatic rings. The van der Waals surface area contributed by atoms with Gasteiger partial charge in [0, 0.05) is 5.56 Å². The standard InChI is InChI=1S/C35H32N2O7/c1-42-31-17-8-23(20-32(31)43-2)18-19-36-29-21-33(39)37(34(29)40)28-15-13-27(14-16-28)35(41)44-22-30(38)26-11-9-25(10-12-26)24-6-4-3-5-7-24/h3-17,20,29,36H,18-19,21-22H2,1-2H3. The molecule has 9 heteroatoms. The van der Waals surface area contributed by atoms with Gasteiger partial charge in [0.05, 0.1) is 37.9 Å². The van der Waals surface area contributed by atoms with Gasteiger partial charge >= 0.3 is 5.97 Å². The Bertz CT molecular complexity index is 1650. The molecule has 4 aromatic carbocycles. The van der Waals surface area contributed by atoms with Crippen LogP contribution in [-0.4, -0.2) is 57.0 Å². The first-order valence-corrected chi connectivity index (χ1v) is 14.1. The van der Waals surface area contributed by atoms with Crippen molar-refractivity contribution in [1.29, 1.82) is 0 Å². The number of nitrogens with one attached hydrogen (secondary N) is 1. The molecule has 0 radical (unpaired) electrons. The largest absolute Gasteiger partial charge is 0.493 e. The molecule has 0 spiro atoms. The van der Waals surface area contributed by atoms with Crippen molar-refractivity contribution in [3.63, 3.8) is 0 Å². The summed E-state index contributed by atoms with van der Waals surface area (Å²) >= 11 is 0. The number of benzene rings is 4. The number of Topliss-reactive ketones (excluding diaryl/α,β-unsaturated/α-hetero) is 1. The molecular weight excluding hydrogens is 560 g/mol. The second-order valence-corrected chi connectivity index (χ2v) is 10.2. The minimum atomic E-state index is -0.681. The maximum absolute atomic E-state index is 13.1. The van der Waals surface area contributed by atoms with E-state index in [1.54, 1.807) is 26.4 Å². The molecule has 5 rings (SSSR count). The van der Waals surface area contributed by atoms with Crippen molar-refractivity contribution in [2.24, 2.45) is 0 Å². The first-order valence-electron chi connectivity index (χ1n) is 14.1. The molecule has 1 atom stereocenters. The summed E-state index contributed by atoms with van der Waals surface area (Å²) in [6.45, 7) is 0.0682. The number of amides is 2. The molecule has 9 nitrogen and oxygen atoms in total. The monoisotopic (exact) mass is 592 g/mol. The molecule has 0 bridgehead atoms. The van der Waals surface area contributed by atoms with Gasteiger partial charge in [-0.2, -0.15) is 0 Å². The number of anilines is 1. The van der Waals surface area contributed by atoms with Gasteiger partial charge in [-0.05, 0) is 66.1 Å². The lowest BCUT2D eigenvalue weighted by molar-refractivity contribution is -0.121. The summed E-state index contributed by atoms with van der Waals surface area (Å²) in [6.07, 6.45) is 0.652. The van der Waals surface area contributed by atoms with E-state index >= 15 is 0 Å². The Morgan fingerprint density at radius 2 is 1.45 bits per heavy atom. The van der Waals surface area contributed by atoms with Gasteiger partial charge in [0.25, 0.3) is 5.91 Å². The lowest BCUT2D eigenvalue weighted by atomic mass is 10.0. The number of hydrogen-bond acceptors (Lipinski definition) is 8. The highest BCUT2D eigenvalue weighted by Gasteiger charge is 2.39. The van der Waals surface area contributed by atoms with Gasteiger partial charge in [-0.25, -0.2) is 9.69 Å². The highest BCUT2D eigenvalue weighted by molar-refractivity contribution is 6.22. The maximum atomic E-state index is 13.1. The zero-order chi connectivity index (χ0) is 31.1. The first-order chi connectivity index (χ1) is 21.4. The Morgan fingerprint density at radius 1 is 0.795 bits per heavy atom. The summed E-state index contributed by atoms with van der Waals surface area (Å²) in [6, 6.07) is 27.8. The SMILES string of the molecule is COc1ccc(CCNC2CC(=O)N(c3ccc(C(=O)OCC(=O)c4ccc(-c5ccccc5)cc4)cc3)C2=O)cc1OC. The van der Waals surface area contributed by atoms with E-state index in [1.165, 1.54) is 24.3 Å². The van der Waals surface area contributed by atoms with Crippen LogP contribution in [0, 0.1) is 0 Å². The van der Waals surface area contributed by atoms with Crippen LogP contribution >= 0.6 is 0 Å². The van der Waals surface area contributed by atoms with Crippen molar-refractivity contribution < 1.29 is 33.4 Å². The predicted octanol–water partition coefficient (Wildman–Crippen LogP) is 4.87. The summed E-state index contributed by atoms with van der Waals surface area (Å²) in [7, 11) is 3.14. The molecule has 1 N–H and O–H groups in total. The first kappa shape index (κ1) is 30.2. The van der Waals surface area contributed by atoms with Crippen LogP contribution in [0.25, 0.3) is 11.1 Å². The van der Waals surface area contributed by atoms with Gasteiger partial charge < -0.3 is 19.5 Å². The van der Waals surface area contributed by atoms with Crippen molar-refractivity contribution in [3.05, 3.63) is 114 Å². The number of ether oxygens (including phenoxy) is 3. The number of imide groups is 1. The van der Waals surface area contributed by atoms with Gasteiger partial charge in [0.2, 0.25) is 5.91 Å². The average molecular weight is 593 g/mol. The van der Waals surface area contributed by atoms with Crippen molar-refractivity contribution in [2.45, 2.75) is 18.9 Å². The van der Waals surface area contributed by atoms with Crippen LogP contribution < -0.4 is 19.7 Å². The van der Waals surface area contributed by atoms with Crippen LogP contribution in [0.3, 0.4) is 0 Å². The Kier molecular flexibility index (Phi) is 9.46. The number of methoxy groups -OCH3 is 2. The second kappa shape index (κ2) is 13.8.